The highest BCUT2D eigenvalue weighted by Gasteiger charge is 2.52. The Balaban J connectivity index is 1.64. The molecule has 6 nitrogen and oxygen atoms in total. The van der Waals surface area contributed by atoms with Crippen LogP contribution in [0, 0.1) is 23.7 Å². The lowest BCUT2D eigenvalue weighted by Crippen LogP contribution is -2.45. The monoisotopic (exact) mass is 292 g/mol. The molecule has 2 bridgehead atoms. The summed E-state index contributed by atoms with van der Waals surface area (Å²) in [6.07, 6.45) is 6.59. The predicted octanol–water partition coefficient (Wildman–Crippen LogP) is 0.246. The third-order valence-corrected chi connectivity index (χ3v) is 4.73. The fourth-order valence-electron chi connectivity index (χ4n) is 3.54. The quantitative estimate of drug-likeness (QED) is 0.711. The molecule has 0 saturated heterocycles. The van der Waals surface area contributed by atoms with Crippen molar-refractivity contribution in [1.29, 1.82) is 0 Å². The highest BCUT2D eigenvalue weighted by Crippen LogP contribution is 2.48. The molecule has 0 heterocycles. The fourth-order valence-corrected chi connectivity index (χ4v) is 3.54. The van der Waals surface area contributed by atoms with Gasteiger partial charge in [-0.25, -0.2) is 0 Å². The van der Waals surface area contributed by atoms with Crippen LogP contribution in [0.4, 0.5) is 0 Å². The zero-order valence-electron chi connectivity index (χ0n) is 12.0. The summed E-state index contributed by atoms with van der Waals surface area (Å²) in [6, 6.07) is 0.262. The van der Waals surface area contributed by atoms with Crippen molar-refractivity contribution in [3.8, 4) is 0 Å². The number of amides is 2. The third-order valence-electron chi connectivity index (χ3n) is 4.73. The van der Waals surface area contributed by atoms with E-state index in [0.29, 0.717) is 0 Å². The third kappa shape index (κ3) is 2.66. The van der Waals surface area contributed by atoms with Gasteiger partial charge in [0.1, 0.15) is 0 Å². The van der Waals surface area contributed by atoms with Gasteiger partial charge in [-0.2, -0.15) is 0 Å². The number of likely N-dealkylation sites (N-methyl/N-ethyl adjacent to an activating group) is 1. The molecule has 6 heteroatoms. The molecule has 2 saturated carbocycles. The number of carbonyl (C=O) groups excluding carboxylic acids is 2. The van der Waals surface area contributed by atoms with Crippen molar-refractivity contribution in [1.82, 2.24) is 10.2 Å². The number of nitrogens with one attached hydrogen (secondary N) is 1. The van der Waals surface area contributed by atoms with E-state index < -0.39 is 17.8 Å². The van der Waals surface area contributed by atoms with Gasteiger partial charge in [-0.15, -0.1) is 0 Å². The minimum atomic E-state index is -0.916. The zero-order chi connectivity index (χ0) is 15.1. The van der Waals surface area contributed by atoms with Crippen molar-refractivity contribution in [3.05, 3.63) is 12.2 Å². The van der Waals surface area contributed by atoms with Crippen LogP contribution in [0.25, 0.3) is 0 Å². The maximum Gasteiger partial charge on any atom is 0.307 e. The second kappa shape index (κ2) is 5.16. The highest BCUT2D eigenvalue weighted by molar-refractivity contribution is 5.90. The smallest absolute Gasteiger partial charge is 0.307 e. The molecule has 4 atom stereocenters. The number of nitrogens with zero attached hydrogens (tertiary/aromatic N) is 1. The van der Waals surface area contributed by atoms with Crippen molar-refractivity contribution >= 4 is 17.8 Å². The summed E-state index contributed by atoms with van der Waals surface area (Å²) < 4.78 is 0. The van der Waals surface area contributed by atoms with Gasteiger partial charge in [-0.05, 0) is 31.1 Å². The van der Waals surface area contributed by atoms with E-state index in [0.717, 1.165) is 19.3 Å². The molecule has 3 rings (SSSR count). The van der Waals surface area contributed by atoms with Gasteiger partial charge in [0, 0.05) is 13.1 Å². The predicted molar refractivity (Wildman–Crippen MR) is 74.2 cm³/mol. The van der Waals surface area contributed by atoms with Gasteiger partial charge in [0.25, 0.3) is 0 Å². The zero-order valence-corrected chi connectivity index (χ0v) is 12.0. The van der Waals surface area contributed by atoms with E-state index in [1.807, 2.05) is 12.2 Å². The Kier molecular flexibility index (Phi) is 3.47. The number of carbonyl (C=O) groups is 3. The van der Waals surface area contributed by atoms with Gasteiger partial charge in [0.15, 0.2) is 0 Å². The summed E-state index contributed by atoms with van der Waals surface area (Å²) >= 11 is 0. The van der Waals surface area contributed by atoms with Crippen LogP contribution in [0.3, 0.4) is 0 Å². The van der Waals surface area contributed by atoms with Crippen molar-refractivity contribution in [3.63, 3.8) is 0 Å². The van der Waals surface area contributed by atoms with Gasteiger partial charge in [0.2, 0.25) is 11.8 Å². The van der Waals surface area contributed by atoms with Crippen LogP contribution in [0.15, 0.2) is 12.2 Å². The maximum atomic E-state index is 12.5. The number of hydrogen-bond acceptors (Lipinski definition) is 3. The van der Waals surface area contributed by atoms with Crippen LogP contribution < -0.4 is 5.32 Å². The number of carboxylic acid groups (broad SMARTS) is 1. The second-order valence-corrected chi connectivity index (χ2v) is 6.37. The highest BCUT2D eigenvalue weighted by atomic mass is 16.4. The molecule has 3 aliphatic rings. The number of carboxylic acids is 1. The summed E-state index contributed by atoms with van der Waals surface area (Å²) in [4.78, 5) is 37.1. The van der Waals surface area contributed by atoms with Crippen LogP contribution in [0.5, 0.6) is 0 Å². The average molecular weight is 292 g/mol. The minimum Gasteiger partial charge on any atom is -0.481 e. The summed E-state index contributed by atoms with van der Waals surface area (Å²) in [5.74, 6) is -2.55. The largest absolute Gasteiger partial charge is 0.481 e. The van der Waals surface area contributed by atoms with Crippen LogP contribution in [0.1, 0.15) is 19.3 Å². The molecule has 0 aliphatic heterocycles. The van der Waals surface area contributed by atoms with E-state index in [-0.39, 0.29) is 36.2 Å². The molecule has 0 radical (unpaired) electrons. The minimum absolute atomic E-state index is 0.000721. The lowest BCUT2D eigenvalue weighted by molar-refractivity contribution is -0.151. The second-order valence-electron chi connectivity index (χ2n) is 6.37. The Bertz CT molecular complexity index is 512. The Labute approximate surface area is 123 Å². The van der Waals surface area contributed by atoms with E-state index in [9.17, 15) is 19.5 Å². The lowest BCUT2D eigenvalue weighted by atomic mass is 9.82. The van der Waals surface area contributed by atoms with E-state index in [2.05, 4.69) is 5.32 Å². The number of rotatable bonds is 5. The molecule has 2 unspecified atom stereocenters. The Hall–Kier alpha value is -1.85. The number of hydrogen-bond donors (Lipinski definition) is 2. The van der Waals surface area contributed by atoms with Crippen molar-refractivity contribution in [2.75, 3.05) is 13.6 Å². The first-order valence-corrected chi connectivity index (χ1v) is 7.43. The van der Waals surface area contributed by atoms with Gasteiger partial charge in [-0.1, -0.05) is 12.2 Å². The van der Waals surface area contributed by atoms with Crippen LogP contribution in [-0.4, -0.2) is 47.4 Å². The molecular formula is C15H20N2O4. The Morgan fingerprint density at radius 1 is 1.19 bits per heavy atom. The van der Waals surface area contributed by atoms with E-state index >= 15 is 0 Å². The van der Waals surface area contributed by atoms with Crippen LogP contribution >= 0.6 is 0 Å². The first-order chi connectivity index (χ1) is 9.97. The van der Waals surface area contributed by atoms with Gasteiger partial charge in [-0.3, -0.25) is 14.4 Å². The normalized spacial score (nSPS) is 33.0. The van der Waals surface area contributed by atoms with Crippen LogP contribution in [0.2, 0.25) is 0 Å². The summed E-state index contributed by atoms with van der Waals surface area (Å²) in [7, 11) is 1.57. The standard InChI is InChI=1S/C15H20N2O4/c1-17(7-11(18)16-10-4-5-10)14(19)12-8-2-3-9(6-8)13(12)15(20)21/h2-3,8-10,12-13H,4-7H2,1H3,(H,16,18)(H,20,21)/t8?,9?,12-,13+/m0/s1. The van der Waals surface area contributed by atoms with Gasteiger partial charge < -0.3 is 15.3 Å². The van der Waals surface area contributed by atoms with E-state index in [1.54, 1.807) is 7.05 Å². The molecule has 0 aromatic carbocycles. The summed E-state index contributed by atoms with van der Waals surface area (Å²) in [5, 5.41) is 12.2. The molecule has 0 aromatic rings. The maximum absolute atomic E-state index is 12.5. The Morgan fingerprint density at radius 2 is 1.81 bits per heavy atom. The summed E-state index contributed by atoms with van der Waals surface area (Å²) in [5.41, 5.74) is 0. The lowest BCUT2D eigenvalue weighted by Gasteiger charge is -2.28. The molecule has 0 aromatic heterocycles. The summed E-state index contributed by atoms with van der Waals surface area (Å²) in [6.45, 7) is -0.000721. The SMILES string of the molecule is CN(CC(=O)NC1CC1)C(=O)[C@H]1C2C=CC(C2)[C@H]1C(=O)O. The molecule has 2 fully saturated rings. The Morgan fingerprint density at radius 3 is 2.38 bits per heavy atom. The molecule has 21 heavy (non-hydrogen) atoms. The number of aliphatic carboxylic acids is 1. The van der Waals surface area contributed by atoms with Gasteiger partial charge in [0.05, 0.1) is 18.4 Å². The first-order valence-electron chi connectivity index (χ1n) is 7.43. The van der Waals surface area contributed by atoms with Crippen LogP contribution in [-0.2, 0) is 14.4 Å². The number of allylic oxidation sites excluding steroid dienone is 2. The molecule has 2 amide bonds. The topological polar surface area (TPSA) is 86.7 Å². The van der Waals surface area contributed by atoms with Crippen molar-refractivity contribution in [2.24, 2.45) is 23.7 Å². The molecule has 2 N–H and O–H groups in total. The molecule has 114 valence electrons. The average Bonchev–Trinajstić information content (AvgIpc) is 3.00. The fraction of sp³-hybridized carbons (Fsp3) is 0.667. The molecule has 0 spiro atoms. The number of fused-ring (bicyclic) bond motifs is 2. The van der Waals surface area contributed by atoms with Crippen molar-refractivity contribution in [2.45, 2.75) is 25.3 Å². The van der Waals surface area contributed by atoms with Crippen molar-refractivity contribution < 1.29 is 19.5 Å². The first kappa shape index (κ1) is 14.1. The molecular weight excluding hydrogens is 272 g/mol. The van der Waals surface area contributed by atoms with E-state index in [1.165, 1.54) is 4.90 Å². The van der Waals surface area contributed by atoms with E-state index in [4.69, 9.17) is 0 Å². The van der Waals surface area contributed by atoms with Gasteiger partial charge >= 0.3 is 5.97 Å². The molecule has 3 aliphatic carbocycles.